The zero-order valence-electron chi connectivity index (χ0n) is 8.37. The topological polar surface area (TPSA) is 17.8 Å². The number of aromatic nitrogens is 2. The van der Waals surface area contributed by atoms with Gasteiger partial charge in [0.15, 0.2) is 0 Å². The molecule has 74 valence electrons. The van der Waals surface area contributed by atoms with Crippen molar-refractivity contribution in [2.45, 2.75) is 6.92 Å². The molecule has 0 aliphatic heterocycles. The van der Waals surface area contributed by atoms with E-state index in [0.717, 1.165) is 15.6 Å². The molecule has 0 saturated carbocycles. The summed E-state index contributed by atoms with van der Waals surface area (Å²) in [6, 6.07) is 0. The summed E-state index contributed by atoms with van der Waals surface area (Å²) in [6.07, 6.45) is 9.61. The summed E-state index contributed by atoms with van der Waals surface area (Å²) < 4.78 is 2.81. The predicted molar refractivity (Wildman–Crippen MR) is 64.1 cm³/mol. The molecule has 1 aromatic heterocycles. The van der Waals surface area contributed by atoms with E-state index in [-0.39, 0.29) is 0 Å². The number of allylic oxidation sites excluding steroid dienone is 5. The molecule has 3 heteroatoms. The molecule has 0 aliphatic carbocycles. The summed E-state index contributed by atoms with van der Waals surface area (Å²) in [5.41, 5.74) is 2.13. The fourth-order valence-electron chi connectivity index (χ4n) is 1.06. The van der Waals surface area contributed by atoms with E-state index in [0.29, 0.717) is 0 Å². The number of halogens is 1. The lowest BCUT2D eigenvalue weighted by Crippen LogP contribution is -1.84. The summed E-state index contributed by atoms with van der Waals surface area (Å²) in [6.45, 7) is 5.76. The van der Waals surface area contributed by atoms with Gasteiger partial charge in [-0.1, -0.05) is 34.7 Å². The van der Waals surface area contributed by atoms with Crippen molar-refractivity contribution >= 4 is 21.5 Å². The molecule has 0 fully saturated rings. The molecule has 0 radical (unpaired) electrons. The van der Waals surface area contributed by atoms with Crippen LogP contribution < -0.4 is 0 Å². The Bertz CT molecular complexity index is 386. The van der Waals surface area contributed by atoms with Gasteiger partial charge in [0, 0.05) is 23.3 Å². The van der Waals surface area contributed by atoms with Gasteiger partial charge in [0.05, 0.1) is 6.20 Å². The maximum absolute atomic E-state index is 4.11. The highest BCUT2D eigenvalue weighted by molar-refractivity contribution is 9.11. The molecular formula is C11H13BrN2. The van der Waals surface area contributed by atoms with E-state index in [2.05, 4.69) is 27.6 Å². The van der Waals surface area contributed by atoms with Crippen molar-refractivity contribution in [3.8, 4) is 0 Å². The molecule has 0 atom stereocenters. The van der Waals surface area contributed by atoms with Crippen LogP contribution in [-0.2, 0) is 7.05 Å². The molecule has 2 nitrogen and oxygen atoms in total. The van der Waals surface area contributed by atoms with Gasteiger partial charge in [-0.2, -0.15) is 5.10 Å². The Balaban J connectivity index is 3.04. The van der Waals surface area contributed by atoms with Gasteiger partial charge in [0.25, 0.3) is 0 Å². The lowest BCUT2D eigenvalue weighted by atomic mass is 10.1. The highest BCUT2D eigenvalue weighted by Gasteiger charge is 1.99. The van der Waals surface area contributed by atoms with Gasteiger partial charge in [-0.05, 0) is 18.6 Å². The summed E-state index contributed by atoms with van der Waals surface area (Å²) >= 11 is 3.43. The first-order valence-corrected chi connectivity index (χ1v) is 5.11. The van der Waals surface area contributed by atoms with E-state index >= 15 is 0 Å². The summed E-state index contributed by atoms with van der Waals surface area (Å²) in [7, 11) is 1.90. The number of rotatable bonds is 3. The van der Waals surface area contributed by atoms with Gasteiger partial charge in [-0.3, -0.25) is 4.68 Å². The van der Waals surface area contributed by atoms with Crippen LogP contribution in [0.5, 0.6) is 0 Å². The second-order valence-electron chi connectivity index (χ2n) is 2.88. The van der Waals surface area contributed by atoms with Crippen LogP contribution >= 0.6 is 15.9 Å². The van der Waals surface area contributed by atoms with Gasteiger partial charge in [-0.25, -0.2) is 0 Å². The fourth-order valence-corrected chi connectivity index (χ4v) is 1.31. The first-order valence-electron chi connectivity index (χ1n) is 4.32. The molecule has 0 aromatic carbocycles. The van der Waals surface area contributed by atoms with Crippen LogP contribution in [-0.4, -0.2) is 9.78 Å². The Morgan fingerprint density at radius 2 is 2.36 bits per heavy atom. The standard InChI is InChI=1S/C11H13BrN2/c1-4-9(6-11(12)5-2)10-7-13-14(3)8-10/h4-8H,1H2,2-3H3/b9-6+,11-5+. The third-order valence-corrected chi connectivity index (χ3v) is 2.51. The third kappa shape index (κ3) is 2.70. The van der Waals surface area contributed by atoms with Gasteiger partial charge in [0.1, 0.15) is 0 Å². The first-order chi connectivity index (χ1) is 6.67. The molecule has 1 heterocycles. The molecule has 0 bridgehead atoms. The lowest BCUT2D eigenvalue weighted by Gasteiger charge is -1.96. The molecule has 1 aromatic rings. The van der Waals surface area contributed by atoms with Crippen LogP contribution in [0.25, 0.3) is 5.57 Å². The largest absolute Gasteiger partial charge is 0.275 e. The van der Waals surface area contributed by atoms with Gasteiger partial charge in [0.2, 0.25) is 0 Å². The minimum atomic E-state index is 1.04. The average molecular weight is 253 g/mol. The second kappa shape index (κ2) is 4.96. The minimum Gasteiger partial charge on any atom is -0.275 e. The summed E-state index contributed by atoms with van der Waals surface area (Å²) in [4.78, 5) is 0. The van der Waals surface area contributed by atoms with Gasteiger partial charge >= 0.3 is 0 Å². The summed E-state index contributed by atoms with van der Waals surface area (Å²) in [5.74, 6) is 0. The van der Waals surface area contributed by atoms with E-state index in [4.69, 9.17) is 0 Å². The van der Waals surface area contributed by atoms with Gasteiger partial charge < -0.3 is 0 Å². The molecule has 0 spiro atoms. The SMILES string of the molecule is C=C/C(=C\C(Br)=C/C)c1cnn(C)c1. The Morgan fingerprint density at radius 1 is 1.64 bits per heavy atom. The van der Waals surface area contributed by atoms with Crippen LogP contribution in [0.1, 0.15) is 12.5 Å². The molecule has 0 N–H and O–H groups in total. The highest BCUT2D eigenvalue weighted by Crippen LogP contribution is 2.19. The van der Waals surface area contributed by atoms with Crippen molar-refractivity contribution in [3.63, 3.8) is 0 Å². The van der Waals surface area contributed by atoms with Crippen molar-refractivity contribution in [2.75, 3.05) is 0 Å². The molecule has 14 heavy (non-hydrogen) atoms. The van der Waals surface area contributed by atoms with Crippen LogP contribution in [0.15, 0.2) is 41.7 Å². The minimum absolute atomic E-state index is 1.04. The van der Waals surface area contributed by atoms with Crippen molar-refractivity contribution in [2.24, 2.45) is 7.05 Å². The van der Waals surface area contributed by atoms with Crippen LogP contribution in [0.2, 0.25) is 0 Å². The van der Waals surface area contributed by atoms with E-state index in [1.54, 1.807) is 4.68 Å². The van der Waals surface area contributed by atoms with Crippen LogP contribution in [0, 0.1) is 0 Å². The average Bonchev–Trinajstić information content (AvgIpc) is 2.60. The zero-order chi connectivity index (χ0) is 10.6. The van der Waals surface area contributed by atoms with Crippen molar-refractivity contribution in [1.29, 1.82) is 0 Å². The Labute approximate surface area is 92.8 Å². The number of hydrogen-bond acceptors (Lipinski definition) is 1. The Kier molecular flexibility index (Phi) is 3.89. The molecule has 0 unspecified atom stereocenters. The Morgan fingerprint density at radius 3 is 2.79 bits per heavy atom. The number of hydrogen-bond donors (Lipinski definition) is 0. The lowest BCUT2D eigenvalue weighted by molar-refractivity contribution is 0.767. The van der Waals surface area contributed by atoms with Crippen molar-refractivity contribution in [3.05, 3.63) is 47.2 Å². The van der Waals surface area contributed by atoms with E-state index in [1.165, 1.54) is 0 Å². The van der Waals surface area contributed by atoms with E-state index in [9.17, 15) is 0 Å². The van der Waals surface area contributed by atoms with Crippen LogP contribution in [0.4, 0.5) is 0 Å². The second-order valence-corrected chi connectivity index (χ2v) is 3.80. The quantitative estimate of drug-likeness (QED) is 0.756. The van der Waals surface area contributed by atoms with E-state index < -0.39 is 0 Å². The fraction of sp³-hybridized carbons (Fsp3) is 0.182. The molecule has 0 saturated heterocycles. The maximum Gasteiger partial charge on any atom is 0.0568 e. The van der Waals surface area contributed by atoms with Crippen molar-refractivity contribution in [1.82, 2.24) is 9.78 Å². The number of nitrogens with zero attached hydrogens (tertiary/aromatic N) is 2. The van der Waals surface area contributed by atoms with E-state index in [1.807, 2.05) is 44.6 Å². The zero-order valence-corrected chi connectivity index (χ0v) is 9.95. The molecular weight excluding hydrogens is 240 g/mol. The Hall–Kier alpha value is -1.09. The van der Waals surface area contributed by atoms with Gasteiger partial charge in [-0.15, -0.1) is 0 Å². The maximum atomic E-state index is 4.11. The monoisotopic (exact) mass is 252 g/mol. The third-order valence-electron chi connectivity index (χ3n) is 1.83. The molecule has 0 amide bonds. The highest BCUT2D eigenvalue weighted by atomic mass is 79.9. The first kappa shape index (κ1) is 11.0. The smallest absolute Gasteiger partial charge is 0.0568 e. The summed E-state index contributed by atoms with van der Waals surface area (Å²) in [5, 5.41) is 4.11. The molecule has 0 aliphatic rings. The van der Waals surface area contributed by atoms with Crippen LogP contribution in [0.3, 0.4) is 0 Å². The number of aryl methyl sites for hydroxylation is 1. The molecule has 1 rings (SSSR count). The predicted octanol–water partition coefficient (Wildman–Crippen LogP) is 3.29. The van der Waals surface area contributed by atoms with Crippen molar-refractivity contribution < 1.29 is 0 Å². The normalized spacial score (nSPS) is 13.1.